The molecule has 0 bridgehead atoms. The van der Waals surface area contributed by atoms with Crippen molar-refractivity contribution < 1.29 is 39.6 Å². The van der Waals surface area contributed by atoms with Gasteiger partial charge < -0.3 is 31.9 Å². The fraction of sp³-hybridized carbons (Fsp3) is 0.286. The third-order valence-electron chi connectivity index (χ3n) is 2.10. The van der Waals surface area contributed by atoms with Crippen LogP contribution in [-0.2, 0) is 19.2 Å². The second-order valence-electron chi connectivity index (χ2n) is 4.20. The molecule has 0 atom stereocenters. The molecule has 1 aromatic rings. The van der Waals surface area contributed by atoms with Crippen molar-refractivity contribution in [3.63, 3.8) is 0 Å². The highest BCUT2D eigenvalue weighted by Crippen LogP contribution is 2.10. The third kappa shape index (κ3) is 18.7. The highest BCUT2D eigenvalue weighted by atomic mass is 16.4. The van der Waals surface area contributed by atoms with E-state index in [-0.39, 0.29) is 25.7 Å². The number of anilines is 2. The maximum Gasteiger partial charge on any atom is 0.303 e. The monoisotopic (exact) mass is 344 g/mol. The molecule has 10 nitrogen and oxygen atoms in total. The number of hydrogen-bond acceptors (Lipinski definition) is 6. The molecule has 0 saturated heterocycles. The average Bonchev–Trinajstić information content (AvgIpc) is 2.47. The summed E-state index contributed by atoms with van der Waals surface area (Å²) in [7, 11) is 0. The lowest BCUT2D eigenvalue weighted by Crippen LogP contribution is -2.00. The van der Waals surface area contributed by atoms with Gasteiger partial charge in [-0.1, -0.05) is 12.1 Å². The number of nitrogen functional groups attached to an aromatic ring is 2. The van der Waals surface area contributed by atoms with Crippen molar-refractivity contribution in [1.29, 1.82) is 0 Å². The van der Waals surface area contributed by atoms with Gasteiger partial charge in [0.25, 0.3) is 0 Å². The maximum atomic E-state index is 9.64. The van der Waals surface area contributed by atoms with Gasteiger partial charge in [0.2, 0.25) is 0 Å². The van der Waals surface area contributed by atoms with E-state index in [4.69, 9.17) is 31.9 Å². The van der Waals surface area contributed by atoms with E-state index >= 15 is 0 Å². The van der Waals surface area contributed by atoms with E-state index in [0.29, 0.717) is 11.4 Å². The van der Waals surface area contributed by atoms with Crippen molar-refractivity contribution >= 4 is 35.3 Å². The number of benzene rings is 1. The van der Waals surface area contributed by atoms with Crippen LogP contribution in [0, 0.1) is 0 Å². The minimum absolute atomic E-state index is 0.296. The highest BCUT2D eigenvalue weighted by Gasteiger charge is 2.01. The lowest BCUT2D eigenvalue weighted by atomic mass is 10.3. The van der Waals surface area contributed by atoms with E-state index in [1.165, 1.54) is 0 Å². The van der Waals surface area contributed by atoms with Crippen LogP contribution in [0.4, 0.5) is 11.4 Å². The van der Waals surface area contributed by atoms with Gasteiger partial charge in [-0.15, -0.1) is 0 Å². The summed E-state index contributed by atoms with van der Waals surface area (Å²) in [4.78, 5) is 38.6. The Kier molecular flexibility index (Phi) is 12.8. The van der Waals surface area contributed by atoms with Crippen molar-refractivity contribution in [1.82, 2.24) is 0 Å². The van der Waals surface area contributed by atoms with Crippen LogP contribution in [0.1, 0.15) is 25.7 Å². The van der Waals surface area contributed by atoms with Gasteiger partial charge in [0.15, 0.2) is 0 Å². The maximum absolute atomic E-state index is 9.64. The molecule has 0 unspecified atom stereocenters. The number of rotatable bonds is 6. The Hall–Kier alpha value is -3.30. The largest absolute Gasteiger partial charge is 0.481 e. The summed E-state index contributed by atoms with van der Waals surface area (Å²) >= 11 is 0. The number of hydrogen-bond donors (Lipinski definition) is 6. The molecule has 0 aliphatic rings. The van der Waals surface area contributed by atoms with E-state index in [1.54, 1.807) is 12.1 Å². The Morgan fingerprint density at radius 1 is 0.625 bits per heavy atom. The molecule has 8 N–H and O–H groups in total. The summed E-state index contributed by atoms with van der Waals surface area (Å²) in [6.45, 7) is 0. The molecule has 1 aromatic carbocycles. The smallest absolute Gasteiger partial charge is 0.303 e. The molecule has 0 aliphatic heterocycles. The predicted octanol–water partition coefficient (Wildman–Crippen LogP) is 0.723. The molecule has 0 saturated carbocycles. The highest BCUT2D eigenvalue weighted by molar-refractivity contribution is 5.75. The summed E-state index contributed by atoms with van der Waals surface area (Å²) in [5.74, 6) is -4.31. The molecule has 0 spiro atoms. The summed E-state index contributed by atoms with van der Waals surface area (Å²) < 4.78 is 0. The second kappa shape index (κ2) is 13.4. The van der Waals surface area contributed by atoms with E-state index in [0.717, 1.165) is 0 Å². The average molecular weight is 344 g/mol. The van der Waals surface area contributed by atoms with Crippen molar-refractivity contribution in [2.75, 3.05) is 11.5 Å². The lowest BCUT2D eigenvalue weighted by Gasteiger charge is -1.94. The van der Waals surface area contributed by atoms with Gasteiger partial charge in [-0.25, -0.2) is 0 Å². The Balaban J connectivity index is 0. The number of carboxylic acids is 4. The van der Waals surface area contributed by atoms with Gasteiger partial charge in [0.05, 0.1) is 37.1 Å². The first-order valence-electron chi connectivity index (χ1n) is 6.53. The quantitative estimate of drug-likeness (QED) is 0.399. The molecule has 10 heteroatoms. The van der Waals surface area contributed by atoms with Gasteiger partial charge >= 0.3 is 23.9 Å². The van der Waals surface area contributed by atoms with Crippen LogP contribution in [0.5, 0.6) is 0 Å². The van der Waals surface area contributed by atoms with Crippen molar-refractivity contribution in [2.45, 2.75) is 25.7 Å². The molecular weight excluding hydrogens is 324 g/mol. The van der Waals surface area contributed by atoms with Crippen molar-refractivity contribution in [2.24, 2.45) is 0 Å². The molecule has 1 rings (SSSR count). The Morgan fingerprint density at radius 3 is 0.958 bits per heavy atom. The number of carboxylic acid groups (broad SMARTS) is 4. The molecule has 0 aliphatic carbocycles. The SMILES string of the molecule is Nc1ccccc1N.O=C(O)CCC(=O)O.O=C(O)CCC(=O)O. The van der Waals surface area contributed by atoms with E-state index in [1.807, 2.05) is 12.1 Å². The van der Waals surface area contributed by atoms with Gasteiger partial charge in [-0.3, -0.25) is 19.2 Å². The van der Waals surface area contributed by atoms with Crippen LogP contribution in [0.3, 0.4) is 0 Å². The summed E-state index contributed by atoms with van der Waals surface area (Å²) in [5, 5.41) is 31.6. The number of para-hydroxylation sites is 2. The first-order valence-corrected chi connectivity index (χ1v) is 6.53. The zero-order valence-electron chi connectivity index (χ0n) is 12.7. The molecule has 134 valence electrons. The first-order chi connectivity index (χ1) is 11.1. The van der Waals surface area contributed by atoms with E-state index in [2.05, 4.69) is 0 Å². The second-order valence-corrected chi connectivity index (χ2v) is 4.20. The Morgan fingerprint density at radius 2 is 0.833 bits per heavy atom. The van der Waals surface area contributed by atoms with Gasteiger partial charge in [-0.2, -0.15) is 0 Å². The zero-order chi connectivity index (χ0) is 19.1. The fourth-order valence-corrected chi connectivity index (χ4v) is 0.939. The molecule has 0 heterocycles. The van der Waals surface area contributed by atoms with Gasteiger partial charge in [0.1, 0.15) is 0 Å². The van der Waals surface area contributed by atoms with Crippen LogP contribution in [-0.4, -0.2) is 44.3 Å². The van der Waals surface area contributed by atoms with Gasteiger partial charge in [-0.05, 0) is 12.1 Å². The van der Waals surface area contributed by atoms with E-state index < -0.39 is 23.9 Å². The van der Waals surface area contributed by atoms with Crippen LogP contribution in [0.2, 0.25) is 0 Å². The normalized spacial score (nSPS) is 8.67. The number of aliphatic carboxylic acids is 4. The minimum Gasteiger partial charge on any atom is -0.481 e. The zero-order valence-corrected chi connectivity index (χ0v) is 12.7. The third-order valence-corrected chi connectivity index (χ3v) is 2.10. The topological polar surface area (TPSA) is 201 Å². The number of carbonyl (C=O) groups is 4. The summed E-state index contributed by atoms with van der Waals surface area (Å²) in [6, 6.07) is 7.25. The first kappa shape index (κ1) is 23.0. The fourth-order valence-electron chi connectivity index (χ4n) is 0.939. The molecule has 0 aromatic heterocycles. The number of nitrogens with two attached hydrogens (primary N) is 2. The Labute approximate surface area is 137 Å². The summed E-state index contributed by atoms with van der Waals surface area (Å²) in [6.07, 6.45) is -1.19. The molecule has 0 radical (unpaired) electrons. The minimum atomic E-state index is -1.08. The standard InChI is InChI=1S/C6H8N2.2C4H6O4/c7-5-3-1-2-4-6(5)8;2*5-3(6)1-2-4(7)8/h1-4H,7-8H2;2*1-2H2,(H,5,6)(H,7,8). The molecular formula is C14H20N2O8. The van der Waals surface area contributed by atoms with Gasteiger partial charge in [0, 0.05) is 0 Å². The van der Waals surface area contributed by atoms with Crippen LogP contribution >= 0.6 is 0 Å². The van der Waals surface area contributed by atoms with Crippen LogP contribution in [0.25, 0.3) is 0 Å². The molecule has 24 heavy (non-hydrogen) atoms. The lowest BCUT2D eigenvalue weighted by molar-refractivity contribution is -0.143. The van der Waals surface area contributed by atoms with E-state index in [9.17, 15) is 19.2 Å². The summed E-state index contributed by atoms with van der Waals surface area (Å²) in [5.41, 5.74) is 12.1. The molecule has 0 fully saturated rings. The van der Waals surface area contributed by atoms with Crippen LogP contribution < -0.4 is 11.5 Å². The predicted molar refractivity (Wildman–Crippen MR) is 84.3 cm³/mol. The van der Waals surface area contributed by atoms with Crippen molar-refractivity contribution in [3.05, 3.63) is 24.3 Å². The van der Waals surface area contributed by atoms with Crippen LogP contribution in [0.15, 0.2) is 24.3 Å². The van der Waals surface area contributed by atoms with Crippen molar-refractivity contribution in [3.8, 4) is 0 Å². The molecule has 0 amide bonds. The Bertz CT molecular complexity index is 482.